The predicted octanol–water partition coefficient (Wildman–Crippen LogP) is 29.3. The quantitative estimate of drug-likeness (QED) is 0.126. The van der Waals surface area contributed by atoms with Gasteiger partial charge in [-0.3, -0.25) is 0 Å². The van der Waals surface area contributed by atoms with Crippen molar-refractivity contribution in [1.29, 1.82) is 0 Å². The number of benzene rings is 20. The topological polar surface area (TPSA) is 0 Å². The highest BCUT2D eigenvalue weighted by molar-refractivity contribution is 6.25. The summed E-state index contributed by atoms with van der Waals surface area (Å²) in [5.74, 6) is 0. The van der Waals surface area contributed by atoms with Crippen molar-refractivity contribution in [3.05, 3.63) is 423 Å². The molecule has 0 unspecified atom stereocenters. The maximum Gasteiger partial charge on any atom is 0.0636 e. The maximum absolute atomic E-state index is 9.85. The molecule has 0 heteroatoms. The highest BCUT2D eigenvalue weighted by atomic mass is 14.2. The third kappa shape index (κ3) is 11.7. The van der Waals surface area contributed by atoms with Crippen LogP contribution < -0.4 is 0 Å². The molecular weight excluding hydrogens is 1250 g/mol. The summed E-state index contributed by atoms with van der Waals surface area (Å²) in [7, 11) is 0. The second-order valence-electron chi connectivity index (χ2n) is 23.0. The summed E-state index contributed by atoms with van der Waals surface area (Å²) in [5.41, 5.74) is -3.13. The zero-order valence-corrected chi connectivity index (χ0v) is 53.5. The molecule has 20 rings (SSSR count). The molecule has 0 bridgehead atoms. The van der Waals surface area contributed by atoms with E-state index in [0.717, 1.165) is 17.2 Å². The third-order valence-corrected chi connectivity index (χ3v) is 17.3. The normalized spacial score (nSPS) is 18.0. The number of hydrogen-bond donors (Lipinski definition) is 0. The van der Waals surface area contributed by atoms with Crippen molar-refractivity contribution in [3.8, 4) is 100 Å². The van der Waals surface area contributed by atoms with Crippen LogP contribution in [0.25, 0.3) is 186 Å². The Morgan fingerprint density at radius 2 is 0.471 bits per heavy atom. The van der Waals surface area contributed by atoms with Crippen molar-refractivity contribution in [2.24, 2.45) is 0 Å². The Morgan fingerprint density at radius 3 is 0.933 bits per heavy atom. The van der Waals surface area contributed by atoms with E-state index < -0.39 is 382 Å². The fraction of sp³-hybridized carbons (Fsp3) is 0. The van der Waals surface area contributed by atoms with Gasteiger partial charge in [-0.2, -0.15) is 0 Å². The molecule has 0 aliphatic heterocycles. The molecule has 0 aliphatic carbocycles. The Balaban J connectivity index is 0.000000152. The molecule has 104 heavy (non-hydrogen) atoms. The van der Waals surface area contributed by atoms with Crippen LogP contribution in [0, 0.1) is 0 Å². The minimum Gasteiger partial charge on any atom is -0.0622 e. The molecule has 0 heterocycles. The standard InChI is InChI=1S/2C36H24.C32H22/c2*1-3-13-26(14-4-1)35-31-19-9-10-20-32(31)36(27-15-5-2-6-16-27)34-24-28(22-23-33(34)35)30-21-11-17-25-12-7-8-18-29(25)30;1-4-12-23(13-5-1)26-20-21-29-30(22-26)32(25-16-8-3-9-17-25)28-19-11-10-18-27(28)31(29)24-14-6-2-7-15-24/h2*1-24H;1-22H/i1D,2D,3D,4D,5D,6D,7D,8D,9D,10D,11D,12D,13D,14D,15D,16D,17D,18D,19D,20D,22D,23D,24D;1D,2D,3D,4D,5D,6D,9D,10D,13D,14D,15D,16D,19D,20D,22D,23D,24D;2D,3D,6D,7D,8D,9D,14D,15D,16D,17D. The first-order valence-corrected chi connectivity index (χ1v) is 31.9. The molecular formula is C104H70. The van der Waals surface area contributed by atoms with Crippen LogP contribution in [-0.4, -0.2) is 0 Å². The fourth-order valence-corrected chi connectivity index (χ4v) is 13.0. The molecule has 0 nitrogen and oxygen atoms in total. The molecule has 0 fully saturated rings. The van der Waals surface area contributed by atoms with E-state index in [1.54, 1.807) is 72.8 Å². The third-order valence-electron chi connectivity index (χ3n) is 17.3. The van der Waals surface area contributed by atoms with Crippen molar-refractivity contribution >= 4 is 86.2 Å². The number of hydrogen-bond acceptors (Lipinski definition) is 0. The van der Waals surface area contributed by atoms with Gasteiger partial charge in [-0.25, -0.2) is 0 Å². The molecule has 0 amide bonds. The summed E-state index contributed by atoms with van der Waals surface area (Å²) in [6, 6.07) is -1.64. The van der Waals surface area contributed by atoms with Gasteiger partial charge in [0, 0.05) is 0 Å². The maximum atomic E-state index is 9.85. The lowest BCUT2D eigenvalue weighted by atomic mass is 9.84. The molecule has 0 aromatic heterocycles. The highest BCUT2D eigenvalue weighted by Gasteiger charge is 2.22. The van der Waals surface area contributed by atoms with Crippen LogP contribution in [0.4, 0.5) is 0 Å². The van der Waals surface area contributed by atoms with E-state index in [-0.39, 0.29) is 46.2 Å². The molecule has 0 N–H and O–H groups in total. The monoisotopic (exact) mass is 1370 g/mol. The van der Waals surface area contributed by atoms with Crippen LogP contribution in [0.15, 0.2) is 423 Å². The van der Waals surface area contributed by atoms with Crippen LogP contribution in [0.3, 0.4) is 0 Å². The summed E-state index contributed by atoms with van der Waals surface area (Å²) >= 11 is 0. The lowest BCUT2D eigenvalue weighted by molar-refractivity contribution is 1.63. The zero-order valence-electron chi connectivity index (χ0n) is 104. The van der Waals surface area contributed by atoms with E-state index in [9.17, 15) is 11.0 Å². The van der Waals surface area contributed by atoms with Gasteiger partial charge in [-0.05, 0) is 204 Å². The van der Waals surface area contributed by atoms with Crippen molar-refractivity contribution in [2.75, 3.05) is 0 Å². The number of fused-ring (bicyclic) bond motifs is 8. The van der Waals surface area contributed by atoms with Gasteiger partial charge in [0.1, 0.15) is 0 Å². The van der Waals surface area contributed by atoms with Crippen LogP contribution >= 0.6 is 0 Å². The first-order valence-electron chi connectivity index (χ1n) is 56.9. The number of rotatable bonds is 9. The molecule has 0 radical (unpaired) electrons. The van der Waals surface area contributed by atoms with Crippen molar-refractivity contribution in [3.63, 3.8) is 0 Å². The van der Waals surface area contributed by atoms with Crippen LogP contribution in [-0.2, 0) is 0 Å². The summed E-state index contributed by atoms with van der Waals surface area (Å²) < 4.78 is 437. The van der Waals surface area contributed by atoms with Gasteiger partial charge >= 0.3 is 0 Å². The first kappa shape index (κ1) is 29.2. The molecule has 0 saturated heterocycles. The van der Waals surface area contributed by atoms with E-state index in [2.05, 4.69) is 0 Å². The van der Waals surface area contributed by atoms with E-state index in [1.165, 1.54) is 0 Å². The zero-order chi connectivity index (χ0) is 113. The second-order valence-corrected chi connectivity index (χ2v) is 23.0. The van der Waals surface area contributed by atoms with E-state index >= 15 is 0 Å². The van der Waals surface area contributed by atoms with E-state index in [0.29, 0.717) is 49.0 Å². The van der Waals surface area contributed by atoms with Crippen molar-refractivity contribution in [1.82, 2.24) is 0 Å². The van der Waals surface area contributed by atoms with Gasteiger partial charge in [0.15, 0.2) is 0 Å². The smallest absolute Gasteiger partial charge is 0.0622 e. The molecule has 0 aliphatic rings. The van der Waals surface area contributed by atoms with Gasteiger partial charge in [0.25, 0.3) is 0 Å². The predicted molar refractivity (Wildman–Crippen MR) is 448 cm³/mol. The molecule has 20 aromatic rings. The Labute approximate surface area is 677 Å². The molecule has 0 spiro atoms. The Bertz CT molecular complexity index is 9580. The second kappa shape index (κ2) is 27.9. The van der Waals surface area contributed by atoms with Gasteiger partial charge in [-0.15, -0.1) is 0 Å². The SMILES string of the molecule is [2H]c1c([2H])c([2H])c(-c2c3c([2H])c([2H])c([2H])c([2H])c3c(-c3c([2H])c([2H])c([2H])c([2H])c3[2H])c3c([2H])c(-c4cccc5ccccc45)c([2H])c([2H])c23)c([2H])c1[2H].[2H]c1c([2H])c([2H])c(-c2c3ccccc3c(-c3c([2H])c([2H])c([2H])c([2H])c3[2H])c3cc(-c4ccccc4)ccc23)c([2H])c1[2H].[2H]c1cc(-c2c([2H])c([2H])c3c(-c4c([2H])c([2H])c([2H])c([2H])c4[2H])c4c([2H])c([2H])c([2H])c([2H])c4c(-c4c([2H])c([2H])c([2H])c([2H])c4[2H])c3c2[2H])c2c([2H])c([2H])c([2H])c([2H])c2c1[2H]. The van der Waals surface area contributed by atoms with Crippen molar-refractivity contribution < 1.29 is 68.5 Å². The van der Waals surface area contributed by atoms with Crippen LogP contribution in [0.2, 0.25) is 0 Å². The van der Waals surface area contributed by atoms with Crippen LogP contribution in [0.5, 0.6) is 0 Å². The molecule has 0 saturated carbocycles. The minimum absolute atomic E-state index is 0.0278. The lowest BCUT2D eigenvalue weighted by Crippen LogP contribution is -1.91. The summed E-state index contributed by atoms with van der Waals surface area (Å²) in [6.45, 7) is 0. The Kier molecular flexibility index (Phi) is 7.83. The Morgan fingerprint density at radius 1 is 0.144 bits per heavy atom. The van der Waals surface area contributed by atoms with Gasteiger partial charge in [0.2, 0.25) is 0 Å². The van der Waals surface area contributed by atoms with Gasteiger partial charge in [-0.1, -0.05) is 405 Å². The molecule has 486 valence electrons. The molecule has 20 aromatic carbocycles. The van der Waals surface area contributed by atoms with Gasteiger partial charge in [0.05, 0.1) is 68.5 Å². The summed E-state index contributed by atoms with van der Waals surface area (Å²) in [4.78, 5) is 0. The minimum atomic E-state index is -0.953. The van der Waals surface area contributed by atoms with E-state index in [1.807, 2.05) is 42.5 Å². The summed E-state index contributed by atoms with van der Waals surface area (Å²) in [5, 5.41) is -1.98. The highest BCUT2D eigenvalue weighted by Crippen LogP contribution is 2.49. The Hall–Kier alpha value is -13.5. The first-order chi connectivity index (χ1) is 72.4. The van der Waals surface area contributed by atoms with Crippen molar-refractivity contribution in [2.45, 2.75) is 0 Å². The fourth-order valence-electron chi connectivity index (χ4n) is 13.0. The average molecular weight is 1370 g/mol. The van der Waals surface area contributed by atoms with Crippen LogP contribution in [0.1, 0.15) is 68.5 Å². The molecule has 0 atom stereocenters. The lowest BCUT2D eigenvalue weighted by Gasteiger charge is -2.19. The summed E-state index contributed by atoms with van der Waals surface area (Å²) in [6.07, 6.45) is 0. The largest absolute Gasteiger partial charge is 0.0636 e. The van der Waals surface area contributed by atoms with E-state index in [4.69, 9.17) is 57.6 Å². The average Bonchev–Trinajstić information content (AvgIpc) is 0.686. The van der Waals surface area contributed by atoms with Gasteiger partial charge < -0.3 is 0 Å².